The normalized spacial score (nSPS) is 25.5. The lowest BCUT2D eigenvalue weighted by atomic mass is 9.90. The van der Waals surface area contributed by atoms with Gasteiger partial charge in [-0.3, -0.25) is 9.69 Å². The average Bonchev–Trinajstić information content (AvgIpc) is 3.24. The van der Waals surface area contributed by atoms with Gasteiger partial charge in [0.15, 0.2) is 0 Å². The summed E-state index contributed by atoms with van der Waals surface area (Å²) < 4.78 is 0. The van der Waals surface area contributed by atoms with E-state index in [0.29, 0.717) is 6.04 Å². The minimum atomic E-state index is 0.245. The highest BCUT2D eigenvalue weighted by Gasteiger charge is 2.32. The summed E-state index contributed by atoms with van der Waals surface area (Å²) >= 11 is 0. The molecule has 2 saturated heterocycles. The summed E-state index contributed by atoms with van der Waals surface area (Å²) in [6, 6.07) is 7.01. The Balaban J connectivity index is 1.45. The fraction of sp³-hybridized carbons (Fsp3) is 0.632. The number of aryl methyl sites for hydroxylation is 2. The molecule has 1 aromatic rings. The second kappa shape index (κ2) is 6.04. The molecule has 2 aliphatic heterocycles. The van der Waals surface area contributed by atoms with Crippen molar-refractivity contribution in [2.24, 2.45) is 0 Å². The van der Waals surface area contributed by atoms with Crippen LogP contribution in [0, 0.1) is 0 Å². The second-order valence-electron chi connectivity index (χ2n) is 7.13. The Morgan fingerprint density at radius 3 is 2.55 bits per heavy atom. The highest BCUT2D eigenvalue weighted by atomic mass is 16.2. The van der Waals surface area contributed by atoms with Gasteiger partial charge in [-0.25, -0.2) is 0 Å². The maximum absolute atomic E-state index is 12.8. The van der Waals surface area contributed by atoms with Gasteiger partial charge in [-0.2, -0.15) is 0 Å². The van der Waals surface area contributed by atoms with Crippen LogP contribution in [-0.4, -0.2) is 47.9 Å². The standard InChI is InChI=1S/C19H26N2O/c22-19(17-8-7-15-5-1-2-6-16(15)13-17)21-12-9-18(14-21)20-10-3-4-11-20/h7-8,13,18H,1-6,9-12,14H2. The first kappa shape index (κ1) is 14.3. The van der Waals surface area contributed by atoms with E-state index in [1.807, 2.05) is 0 Å². The van der Waals surface area contributed by atoms with E-state index in [1.165, 1.54) is 56.3 Å². The molecule has 0 radical (unpaired) electrons. The van der Waals surface area contributed by atoms with Crippen LogP contribution in [0.2, 0.25) is 0 Å². The Labute approximate surface area is 133 Å². The van der Waals surface area contributed by atoms with E-state index >= 15 is 0 Å². The molecule has 2 heterocycles. The summed E-state index contributed by atoms with van der Waals surface area (Å²) in [6.45, 7) is 4.31. The molecule has 1 amide bonds. The topological polar surface area (TPSA) is 23.6 Å². The number of nitrogens with zero attached hydrogens (tertiary/aromatic N) is 2. The van der Waals surface area contributed by atoms with Crippen molar-refractivity contribution in [3.8, 4) is 0 Å². The SMILES string of the molecule is O=C(c1ccc2c(c1)CCCC2)N1CCC(N2CCCC2)C1. The van der Waals surface area contributed by atoms with Gasteiger partial charge in [0.05, 0.1) is 0 Å². The van der Waals surface area contributed by atoms with Gasteiger partial charge in [0, 0.05) is 24.7 Å². The zero-order valence-corrected chi connectivity index (χ0v) is 13.4. The Morgan fingerprint density at radius 2 is 1.73 bits per heavy atom. The lowest BCUT2D eigenvalue weighted by Crippen LogP contribution is -2.37. The summed E-state index contributed by atoms with van der Waals surface area (Å²) in [5, 5.41) is 0. The van der Waals surface area contributed by atoms with Gasteiger partial charge in [0.1, 0.15) is 0 Å². The third kappa shape index (κ3) is 2.67. The van der Waals surface area contributed by atoms with Gasteiger partial charge in [0.25, 0.3) is 5.91 Å². The Bertz CT molecular complexity index is 563. The van der Waals surface area contributed by atoms with Crippen LogP contribution in [0.1, 0.15) is 53.6 Å². The van der Waals surface area contributed by atoms with Crippen LogP contribution in [0.3, 0.4) is 0 Å². The second-order valence-corrected chi connectivity index (χ2v) is 7.13. The van der Waals surface area contributed by atoms with Crippen molar-refractivity contribution in [3.05, 3.63) is 34.9 Å². The van der Waals surface area contributed by atoms with Crippen LogP contribution < -0.4 is 0 Å². The molecule has 0 N–H and O–H groups in total. The Morgan fingerprint density at radius 1 is 0.955 bits per heavy atom. The minimum absolute atomic E-state index is 0.245. The minimum Gasteiger partial charge on any atom is -0.337 e. The largest absolute Gasteiger partial charge is 0.337 e. The quantitative estimate of drug-likeness (QED) is 0.838. The predicted octanol–water partition coefficient (Wildman–Crippen LogP) is 2.88. The third-order valence-corrected chi connectivity index (χ3v) is 5.70. The average molecular weight is 298 g/mol. The molecule has 1 unspecified atom stereocenters. The molecule has 118 valence electrons. The fourth-order valence-electron chi connectivity index (χ4n) is 4.38. The molecule has 3 nitrogen and oxygen atoms in total. The van der Waals surface area contributed by atoms with E-state index in [4.69, 9.17) is 0 Å². The van der Waals surface area contributed by atoms with Gasteiger partial charge in [0.2, 0.25) is 0 Å². The summed E-state index contributed by atoms with van der Waals surface area (Å²) in [5.41, 5.74) is 3.77. The Kier molecular flexibility index (Phi) is 3.91. The molecular formula is C19H26N2O. The summed E-state index contributed by atoms with van der Waals surface area (Å²) in [6.07, 6.45) is 8.70. The van der Waals surface area contributed by atoms with Crippen molar-refractivity contribution in [2.45, 2.75) is 51.0 Å². The summed E-state index contributed by atoms with van der Waals surface area (Å²) in [5.74, 6) is 0.245. The van der Waals surface area contributed by atoms with Crippen molar-refractivity contribution in [1.82, 2.24) is 9.80 Å². The number of amides is 1. The molecule has 3 heteroatoms. The number of fused-ring (bicyclic) bond motifs is 1. The molecule has 22 heavy (non-hydrogen) atoms. The van der Waals surface area contributed by atoms with Crippen LogP contribution in [-0.2, 0) is 12.8 Å². The van der Waals surface area contributed by atoms with Gasteiger partial charge < -0.3 is 4.90 Å². The van der Waals surface area contributed by atoms with Crippen molar-refractivity contribution in [2.75, 3.05) is 26.2 Å². The molecular weight excluding hydrogens is 272 g/mol. The molecule has 0 aromatic heterocycles. The molecule has 0 saturated carbocycles. The van der Waals surface area contributed by atoms with Crippen LogP contribution in [0.4, 0.5) is 0 Å². The lowest BCUT2D eigenvalue weighted by Gasteiger charge is -2.24. The highest BCUT2D eigenvalue weighted by molar-refractivity contribution is 5.94. The first-order chi connectivity index (χ1) is 10.8. The lowest BCUT2D eigenvalue weighted by molar-refractivity contribution is 0.0780. The molecule has 0 bridgehead atoms. The molecule has 2 fully saturated rings. The van der Waals surface area contributed by atoms with Crippen molar-refractivity contribution >= 4 is 5.91 Å². The Hall–Kier alpha value is -1.35. The molecule has 0 spiro atoms. The van der Waals surface area contributed by atoms with Gasteiger partial charge in [-0.05, 0) is 81.3 Å². The van der Waals surface area contributed by atoms with E-state index in [-0.39, 0.29) is 5.91 Å². The summed E-state index contributed by atoms with van der Waals surface area (Å²) in [4.78, 5) is 17.5. The van der Waals surface area contributed by atoms with Gasteiger partial charge in [-0.15, -0.1) is 0 Å². The zero-order chi connectivity index (χ0) is 14.9. The van der Waals surface area contributed by atoms with E-state index < -0.39 is 0 Å². The van der Waals surface area contributed by atoms with E-state index in [0.717, 1.165) is 31.5 Å². The number of hydrogen-bond acceptors (Lipinski definition) is 2. The van der Waals surface area contributed by atoms with Gasteiger partial charge in [-0.1, -0.05) is 6.07 Å². The summed E-state index contributed by atoms with van der Waals surface area (Å²) in [7, 11) is 0. The molecule has 4 rings (SSSR count). The third-order valence-electron chi connectivity index (χ3n) is 5.70. The van der Waals surface area contributed by atoms with Gasteiger partial charge >= 0.3 is 0 Å². The number of rotatable bonds is 2. The first-order valence-electron chi connectivity index (χ1n) is 8.96. The molecule has 1 aliphatic carbocycles. The monoisotopic (exact) mass is 298 g/mol. The maximum atomic E-state index is 12.8. The fourth-order valence-corrected chi connectivity index (χ4v) is 4.38. The number of benzene rings is 1. The van der Waals surface area contributed by atoms with Crippen molar-refractivity contribution in [3.63, 3.8) is 0 Å². The van der Waals surface area contributed by atoms with E-state index in [1.54, 1.807) is 0 Å². The molecule has 1 aromatic carbocycles. The van der Waals surface area contributed by atoms with E-state index in [9.17, 15) is 4.79 Å². The maximum Gasteiger partial charge on any atom is 0.253 e. The number of likely N-dealkylation sites (tertiary alicyclic amines) is 2. The van der Waals surface area contributed by atoms with E-state index in [2.05, 4.69) is 28.0 Å². The number of carbonyl (C=O) groups excluding carboxylic acids is 1. The predicted molar refractivity (Wildman–Crippen MR) is 88.2 cm³/mol. The molecule has 1 atom stereocenters. The van der Waals surface area contributed by atoms with Crippen LogP contribution in [0.15, 0.2) is 18.2 Å². The smallest absolute Gasteiger partial charge is 0.253 e. The van der Waals surface area contributed by atoms with Crippen LogP contribution in [0.25, 0.3) is 0 Å². The molecule has 3 aliphatic rings. The highest BCUT2D eigenvalue weighted by Crippen LogP contribution is 2.25. The van der Waals surface area contributed by atoms with Crippen LogP contribution >= 0.6 is 0 Å². The number of carbonyl (C=O) groups is 1. The van der Waals surface area contributed by atoms with Crippen LogP contribution in [0.5, 0.6) is 0 Å². The van der Waals surface area contributed by atoms with Crippen molar-refractivity contribution in [1.29, 1.82) is 0 Å². The van der Waals surface area contributed by atoms with Crippen molar-refractivity contribution < 1.29 is 4.79 Å². The zero-order valence-electron chi connectivity index (χ0n) is 13.4. The number of hydrogen-bond donors (Lipinski definition) is 0. The first-order valence-corrected chi connectivity index (χ1v) is 8.96.